The molecule has 0 aromatic heterocycles. The fraction of sp³-hybridized carbons (Fsp3) is 0.188. The number of anilines is 1. The summed E-state index contributed by atoms with van der Waals surface area (Å²) in [6.07, 6.45) is 0. The van der Waals surface area contributed by atoms with Crippen molar-refractivity contribution in [3.05, 3.63) is 63.9 Å². The molecule has 2 aromatic carbocycles. The number of hydrogen-bond donors (Lipinski definition) is 1. The van der Waals surface area contributed by atoms with Crippen LogP contribution in [0, 0.1) is 12.7 Å². The molecule has 2 nitrogen and oxygen atoms in total. The maximum Gasteiger partial charge on any atom is 0.234 e. The summed E-state index contributed by atoms with van der Waals surface area (Å²) >= 11 is 4.68. The van der Waals surface area contributed by atoms with Crippen LogP contribution in [0.3, 0.4) is 0 Å². The molecule has 0 spiro atoms. The molecule has 1 N–H and O–H groups in total. The Hall–Kier alpha value is -1.33. The van der Waals surface area contributed by atoms with E-state index in [2.05, 4.69) is 33.4 Å². The molecule has 0 bridgehead atoms. The molecule has 0 fully saturated rings. The highest BCUT2D eigenvalue weighted by Crippen LogP contribution is 2.20. The van der Waals surface area contributed by atoms with E-state index in [9.17, 15) is 9.18 Å². The molecule has 0 aliphatic rings. The van der Waals surface area contributed by atoms with E-state index in [1.54, 1.807) is 12.1 Å². The number of hydrogen-bond acceptors (Lipinski definition) is 2. The molecule has 0 saturated heterocycles. The zero-order valence-corrected chi connectivity index (χ0v) is 13.9. The molecule has 5 heteroatoms. The molecule has 0 atom stereocenters. The summed E-state index contributed by atoms with van der Waals surface area (Å²) in [7, 11) is 0. The van der Waals surface area contributed by atoms with Crippen LogP contribution in [-0.4, -0.2) is 11.7 Å². The van der Waals surface area contributed by atoms with Gasteiger partial charge < -0.3 is 5.32 Å². The lowest BCUT2D eigenvalue weighted by atomic mass is 10.2. The average molecular weight is 368 g/mol. The van der Waals surface area contributed by atoms with E-state index < -0.39 is 5.82 Å². The van der Waals surface area contributed by atoms with Crippen molar-refractivity contribution in [3.63, 3.8) is 0 Å². The Bertz CT molecular complexity index is 631. The number of rotatable bonds is 5. The normalized spacial score (nSPS) is 10.4. The fourth-order valence-corrected chi connectivity index (χ4v) is 2.84. The quantitative estimate of drug-likeness (QED) is 0.824. The third kappa shape index (κ3) is 5.17. The van der Waals surface area contributed by atoms with Gasteiger partial charge in [0.2, 0.25) is 5.91 Å². The first-order valence-electron chi connectivity index (χ1n) is 6.43. The second kappa shape index (κ2) is 7.61. The van der Waals surface area contributed by atoms with Gasteiger partial charge in [-0.25, -0.2) is 4.39 Å². The molecular formula is C16H15BrFNOS. The van der Waals surface area contributed by atoms with Gasteiger partial charge in [-0.1, -0.05) is 45.8 Å². The summed E-state index contributed by atoms with van der Waals surface area (Å²) in [5.41, 5.74) is 2.60. The number of nitrogens with one attached hydrogen (secondary N) is 1. The summed E-state index contributed by atoms with van der Waals surface area (Å²) in [5, 5.41) is 2.58. The van der Waals surface area contributed by atoms with Crippen LogP contribution >= 0.6 is 27.7 Å². The highest BCUT2D eigenvalue weighted by Gasteiger charge is 2.07. The molecule has 1 amide bonds. The van der Waals surface area contributed by atoms with Crippen LogP contribution in [0.25, 0.3) is 0 Å². The summed E-state index contributed by atoms with van der Waals surface area (Å²) in [6.45, 7) is 2.04. The third-order valence-corrected chi connectivity index (χ3v) is 4.32. The number of carbonyl (C=O) groups is 1. The third-order valence-electron chi connectivity index (χ3n) is 2.83. The minimum atomic E-state index is -0.443. The Morgan fingerprint density at radius 3 is 2.62 bits per heavy atom. The molecule has 2 rings (SSSR count). The van der Waals surface area contributed by atoms with Gasteiger partial charge in [0.25, 0.3) is 0 Å². The number of thioether (sulfide) groups is 1. The van der Waals surface area contributed by atoms with E-state index in [-0.39, 0.29) is 11.6 Å². The Kier molecular flexibility index (Phi) is 5.82. The Morgan fingerprint density at radius 2 is 1.95 bits per heavy atom. The van der Waals surface area contributed by atoms with Gasteiger partial charge in [0, 0.05) is 10.2 Å². The Labute approximate surface area is 136 Å². The molecule has 0 heterocycles. The molecule has 2 aromatic rings. The monoisotopic (exact) mass is 367 g/mol. The standard InChI is InChI=1S/C16H15BrFNOS/c1-11-2-4-12(5-3-11)9-21-10-16(20)19-15-7-6-13(17)8-14(15)18/h2-8H,9-10H2,1H3,(H,19,20). The largest absolute Gasteiger partial charge is 0.323 e. The maximum absolute atomic E-state index is 13.6. The van der Waals surface area contributed by atoms with Gasteiger partial charge in [-0.2, -0.15) is 0 Å². The van der Waals surface area contributed by atoms with Crippen molar-refractivity contribution in [1.82, 2.24) is 0 Å². The van der Waals surface area contributed by atoms with Crippen molar-refractivity contribution in [2.45, 2.75) is 12.7 Å². The molecule has 0 saturated carbocycles. The van der Waals surface area contributed by atoms with E-state index in [0.29, 0.717) is 10.2 Å². The Balaban J connectivity index is 1.81. The van der Waals surface area contributed by atoms with E-state index >= 15 is 0 Å². The summed E-state index contributed by atoms with van der Waals surface area (Å²) in [6, 6.07) is 12.8. The van der Waals surface area contributed by atoms with Crippen molar-refractivity contribution >= 4 is 39.3 Å². The molecule has 0 unspecified atom stereocenters. The van der Waals surface area contributed by atoms with Crippen molar-refractivity contribution in [3.8, 4) is 0 Å². The first-order chi connectivity index (χ1) is 10.0. The molecular weight excluding hydrogens is 353 g/mol. The van der Waals surface area contributed by atoms with Crippen molar-refractivity contribution in [1.29, 1.82) is 0 Å². The first kappa shape index (κ1) is 16.0. The van der Waals surface area contributed by atoms with Crippen LogP contribution in [-0.2, 0) is 10.5 Å². The summed E-state index contributed by atoms with van der Waals surface area (Å²) in [5.74, 6) is 0.412. The van der Waals surface area contributed by atoms with Crippen LogP contribution in [0.4, 0.5) is 10.1 Å². The molecule has 21 heavy (non-hydrogen) atoms. The lowest BCUT2D eigenvalue weighted by Crippen LogP contribution is -2.15. The van der Waals surface area contributed by atoms with E-state index in [4.69, 9.17) is 0 Å². The van der Waals surface area contributed by atoms with E-state index in [1.807, 2.05) is 19.1 Å². The number of amides is 1. The average Bonchev–Trinajstić information content (AvgIpc) is 2.44. The van der Waals surface area contributed by atoms with Crippen LogP contribution < -0.4 is 5.32 Å². The van der Waals surface area contributed by atoms with Crippen molar-refractivity contribution in [2.24, 2.45) is 0 Å². The fourth-order valence-electron chi connectivity index (χ4n) is 1.72. The summed E-state index contributed by atoms with van der Waals surface area (Å²) < 4.78 is 14.2. The van der Waals surface area contributed by atoms with Gasteiger partial charge >= 0.3 is 0 Å². The first-order valence-corrected chi connectivity index (χ1v) is 8.37. The van der Waals surface area contributed by atoms with E-state index in [1.165, 1.54) is 29.0 Å². The van der Waals surface area contributed by atoms with Crippen LogP contribution in [0.5, 0.6) is 0 Å². The number of halogens is 2. The minimum Gasteiger partial charge on any atom is -0.323 e. The molecule has 0 aliphatic carbocycles. The number of benzene rings is 2. The second-order valence-electron chi connectivity index (χ2n) is 4.65. The SMILES string of the molecule is Cc1ccc(CSCC(=O)Nc2ccc(Br)cc2F)cc1. The lowest BCUT2D eigenvalue weighted by molar-refractivity contribution is -0.113. The predicted octanol–water partition coefficient (Wildman–Crippen LogP) is 4.77. The highest BCUT2D eigenvalue weighted by atomic mass is 79.9. The van der Waals surface area contributed by atoms with Gasteiger partial charge in [0.05, 0.1) is 11.4 Å². The van der Waals surface area contributed by atoms with Crippen LogP contribution in [0.1, 0.15) is 11.1 Å². The number of aryl methyl sites for hydroxylation is 1. The highest BCUT2D eigenvalue weighted by molar-refractivity contribution is 9.10. The van der Waals surface area contributed by atoms with Gasteiger partial charge in [0.1, 0.15) is 5.82 Å². The second-order valence-corrected chi connectivity index (χ2v) is 6.55. The lowest BCUT2D eigenvalue weighted by Gasteiger charge is -2.07. The topological polar surface area (TPSA) is 29.1 Å². The Morgan fingerprint density at radius 1 is 1.24 bits per heavy atom. The predicted molar refractivity (Wildman–Crippen MR) is 90.1 cm³/mol. The number of carbonyl (C=O) groups excluding carboxylic acids is 1. The zero-order chi connectivity index (χ0) is 15.2. The van der Waals surface area contributed by atoms with Gasteiger partial charge in [-0.05, 0) is 30.7 Å². The minimum absolute atomic E-state index is 0.201. The molecule has 0 aliphatic heterocycles. The van der Waals surface area contributed by atoms with Crippen molar-refractivity contribution < 1.29 is 9.18 Å². The maximum atomic E-state index is 13.6. The molecule has 110 valence electrons. The van der Waals surface area contributed by atoms with E-state index in [0.717, 1.165) is 5.75 Å². The van der Waals surface area contributed by atoms with Crippen LogP contribution in [0.15, 0.2) is 46.9 Å². The van der Waals surface area contributed by atoms with Gasteiger partial charge in [-0.15, -0.1) is 11.8 Å². The zero-order valence-electron chi connectivity index (χ0n) is 11.5. The summed E-state index contributed by atoms with van der Waals surface area (Å²) in [4.78, 5) is 11.8. The van der Waals surface area contributed by atoms with Crippen LogP contribution in [0.2, 0.25) is 0 Å². The van der Waals surface area contributed by atoms with Gasteiger partial charge in [-0.3, -0.25) is 4.79 Å². The molecule has 0 radical (unpaired) electrons. The van der Waals surface area contributed by atoms with Gasteiger partial charge in [0.15, 0.2) is 0 Å². The smallest absolute Gasteiger partial charge is 0.234 e. The van der Waals surface area contributed by atoms with Crippen molar-refractivity contribution in [2.75, 3.05) is 11.1 Å².